The number of nitrogens with one attached hydrogen (secondary N) is 1. The lowest BCUT2D eigenvalue weighted by atomic mass is 10.2. The molecule has 0 aliphatic carbocycles. The Morgan fingerprint density at radius 2 is 2.45 bits per heavy atom. The highest BCUT2D eigenvalue weighted by atomic mass is 16.5. The SMILES string of the molecule is O=c1occc2c1CNCO2. The van der Waals surface area contributed by atoms with Crippen molar-refractivity contribution in [2.45, 2.75) is 6.54 Å². The first-order chi connectivity index (χ1) is 5.38. The molecule has 11 heavy (non-hydrogen) atoms. The van der Waals surface area contributed by atoms with E-state index in [0.717, 1.165) is 0 Å². The zero-order valence-electron chi connectivity index (χ0n) is 5.79. The van der Waals surface area contributed by atoms with Gasteiger partial charge in [-0.25, -0.2) is 4.79 Å². The van der Waals surface area contributed by atoms with Gasteiger partial charge >= 0.3 is 5.63 Å². The maximum Gasteiger partial charge on any atom is 0.343 e. The molecule has 1 aliphatic heterocycles. The molecular weight excluding hydrogens is 146 g/mol. The molecule has 0 saturated heterocycles. The Kier molecular flexibility index (Phi) is 1.40. The van der Waals surface area contributed by atoms with Gasteiger partial charge in [-0.2, -0.15) is 0 Å². The normalized spacial score (nSPS) is 15.3. The zero-order valence-corrected chi connectivity index (χ0v) is 5.79. The second kappa shape index (κ2) is 2.39. The molecule has 1 aromatic heterocycles. The summed E-state index contributed by atoms with van der Waals surface area (Å²) in [4.78, 5) is 11.0. The van der Waals surface area contributed by atoms with E-state index in [-0.39, 0.29) is 5.63 Å². The van der Waals surface area contributed by atoms with E-state index in [1.165, 1.54) is 6.26 Å². The van der Waals surface area contributed by atoms with Gasteiger partial charge in [0.1, 0.15) is 12.5 Å². The van der Waals surface area contributed by atoms with Crippen LogP contribution in [0.15, 0.2) is 21.5 Å². The molecule has 58 valence electrons. The van der Waals surface area contributed by atoms with Crippen LogP contribution in [0.25, 0.3) is 0 Å². The summed E-state index contributed by atoms with van der Waals surface area (Å²) in [6, 6.07) is 1.65. The second-order valence-corrected chi connectivity index (χ2v) is 2.27. The Balaban J connectivity index is 2.58. The number of hydrogen-bond acceptors (Lipinski definition) is 4. The van der Waals surface area contributed by atoms with E-state index in [1.54, 1.807) is 6.07 Å². The lowest BCUT2D eigenvalue weighted by Crippen LogP contribution is -2.29. The second-order valence-electron chi connectivity index (χ2n) is 2.27. The predicted octanol–water partition coefficient (Wildman–Crippen LogP) is 0.0793. The standard InChI is InChI=1S/C7H7NO3/c9-7-5-3-8-4-11-6(5)1-2-10-7/h1-2,8H,3-4H2. The summed E-state index contributed by atoms with van der Waals surface area (Å²) in [6.07, 6.45) is 1.34. The molecule has 0 unspecified atom stereocenters. The first-order valence-electron chi connectivity index (χ1n) is 3.32. The zero-order chi connectivity index (χ0) is 7.68. The molecule has 2 rings (SSSR count). The van der Waals surface area contributed by atoms with Gasteiger partial charge < -0.3 is 9.15 Å². The Morgan fingerprint density at radius 3 is 3.27 bits per heavy atom. The van der Waals surface area contributed by atoms with E-state index in [2.05, 4.69) is 9.73 Å². The van der Waals surface area contributed by atoms with Crippen molar-refractivity contribution in [3.8, 4) is 5.75 Å². The fraction of sp³-hybridized carbons (Fsp3) is 0.286. The van der Waals surface area contributed by atoms with Crippen LogP contribution in [0.5, 0.6) is 5.75 Å². The summed E-state index contributed by atoms with van der Waals surface area (Å²) >= 11 is 0. The summed E-state index contributed by atoms with van der Waals surface area (Å²) in [5, 5.41) is 2.90. The highest BCUT2D eigenvalue weighted by Gasteiger charge is 2.12. The highest BCUT2D eigenvalue weighted by molar-refractivity contribution is 5.29. The van der Waals surface area contributed by atoms with Crippen LogP contribution in [0, 0.1) is 0 Å². The van der Waals surface area contributed by atoms with Crippen molar-refractivity contribution in [1.29, 1.82) is 0 Å². The fourth-order valence-corrected chi connectivity index (χ4v) is 1.03. The van der Waals surface area contributed by atoms with Gasteiger partial charge in [-0.1, -0.05) is 0 Å². The molecule has 0 bridgehead atoms. The van der Waals surface area contributed by atoms with Gasteiger partial charge in [0.25, 0.3) is 0 Å². The highest BCUT2D eigenvalue weighted by Crippen LogP contribution is 2.15. The van der Waals surface area contributed by atoms with Crippen LogP contribution in [0.3, 0.4) is 0 Å². The van der Waals surface area contributed by atoms with Crippen LogP contribution in [-0.4, -0.2) is 6.73 Å². The minimum atomic E-state index is -0.324. The average molecular weight is 153 g/mol. The third-order valence-corrected chi connectivity index (χ3v) is 1.57. The minimum absolute atomic E-state index is 0.324. The fourth-order valence-electron chi connectivity index (χ4n) is 1.03. The van der Waals surface area contributed by atoms with Crippen LogP contribution in [-0.2, 0) is 6.54 Å². The van der Waals surface area contributed by atoms with E-state index in [4.69, 9.17) is 4.74 Å². The molecule has 0 spiro atoms. The molecular formula is C7H7NO3. The van der Waals surface area contributed by atoms with Crippen LogP contribution in [0.2, 0.25) is 0 Å². The Labute approximate surface area is 62.8 Å². The quantitative estimate of drug-likeness (QED) is 0.573. The smallest absolute Gasteiger partial charge is 0.343 e. The van der Waals surface area contributed by atoms with Gasteiger partial charge in [-0.05, 0) is 0 Å². The lowest BCUT2D eigenvalue weighted by Gasteiger charge is -2.15. The van der Waals surface area contributed by atoms with Gasteiger partial charge in [0, 0.05) is 12.6 Å². The predicted molar refractivity (Wildman–Crippen MR) is 37.3 cm³/mol. The third-order valence-electron chi connectivity index (χ3n) is 1.57. The third kappa shape index (κ3) is 1.01. The van der Waals surface area contributed by atoms with E-state index in [1.807, 2.05) is 0 Å². The number of hydrogen-bond donors (Lipinski definition) is 1. The van der Waals surface area contributed by atoms with Crippen LogP contribution < -0.4 is 15.7 Å². The molecule has 2 heterocycles. The van der Waals surface area contributed by atoms with E-state index in [0.29, 0.717) is 24.6 Å². The summed E-state index contributed by atoms with van der Waals surface area (Å²) in [6.45, 7) is 0.981. The van der Waals surface area contributed by atoms with Crippen molar-refractivity contribution in [1.82, 2.24) is 5.32 Å². The summed E-state index contributed by atoms with van der Waals surface area (Å²) in [5.74, 6) is 0.625. The minimum Gasteiger partial charge on any atom is -0.478 e. The summed E-state index contributed by atoms with van der Waals surface area (Å²) < 4.78 is 9.78. The van der Waals surface area contributed by atoms with Crippen LogP contribution >= 0.6 is 0 Å². The first kappa shape index (κ1) is 6.42. The number of fused-ring (bicyclic) bond motifs is 1. The number of rotatable bonds is 0. The van der Waals surface area contributed by atoms with Gasteiger partial charge in [-0.3, -0.25) is 5.32 Å². The van der Waals surface area contributed by atoms with Gasteiger partial charge in [0.15, 0.2) is 0 Å². The Morgan fingerprint density at radius 1 is 1.55 bits per heavy atom. The van der Waals surface area contributed by atoms with Crippen molar-refractivity contribution in [2.75, 3.05) is 6.73 Å². The van der Waals surface area contributed by atoms with Crippen molar-refractivity contribution in [3.63, 3.8) is 0 Å². The molecule has 0 fully saturated rings. The molecule has 1 N–H and O–H groups in total. The van der Waals surface area contributed by atoms with Crippen LogP contribution in [0.4, 0.5) is 0 Å². The Hall–Kier alpha value is -1.29. The molecule has 1 aromatic rings. The Bertz CT molecular complexity index is 318. The topological polar surface area (TPSA) is 51.5 Å². The maximum atomic E-state index is 11.0. The van der Waals surface area contributed by atoms with Gasteiger partial charge in [0.2, 0.25) is 0 Å². The van der Waals surface area contributed by atoms with E-state index in [9.17, 15) is 4.79 Å². The first-order valence-corrected chi connectivity index (χ1v) is 3.32. The monoisotopic (exact) mass is 153 g/mol. The molecule has 0 radical (unpaired) electrons. The van der Waals surface area contributed by atoms with Crippen LogP contribution in [0.1, 0.15) is 5.56 Å². The molecule has 1 aliphatic rings. The largest absolute Gasteiger partial charge is 0.478 e. The molecule has 0 amide bonds. The molecule has 4 nitrogen and oxygen atoms in total. The lowest BCUT2D eigenvalue weighted by molar-refractivity contribution is 0.250. The van der Waals surface area contributed by atoms with E-state index < -0.39 is 0 Å². The molecule has 0 atom stereocenters. The summed E-state index contributed by atoms with van der Waals surface area (Å²) in [7, 11) is 0. The maximum absolute atomic E-state index is 11.0. The van der Waals surface area contributed by atoms with Crippen molar-refractivity contribution >= 4 is 0 Å². The molecule has 0 saturated carbocycles. The van der Waals surface area contributed by atoms with Crippen molar-refractivity contribution in [3.05, 3.63) is 28.3 Å². The van der Waals surface area contributed by atoms with Crippen molar-refractivity contribution in [2.24, 2.45) is 0 Å². The molecule has 0 aromatic carbocycles. The van der Waals surface area contributed by atoms with Gasteiger partial charge in [0.05, 0.1) is 11.8 Å². The molecule has 4 heteroatoms. The number of ether oxygens (including phenoxy) is 1. The average Bonchev–Trinajstić information content (AvgIpc) is 2.06. The van der Waals surface area contributed by atoms with E-state index >= 15 is 0 Å². The summed E-state index contributed by atoms with van der Waals surface area (Å²) in [5.41, 5.74) is 0.244. The van der Waals surface area contributed by atoms with Gasteiger partial charge in [-0.15, -0.1) is 0 Å². The van der Waals surface area contributed by atoms with Crippen molar-refractivity contribution < 1.29 is 9.15 Å².